The fourth-order valence-corrected chi connectivity index (χ4v) is 7.15. The van der Waals surface area contributed by atoms with Crippen LogP contribution in [0.4, 0.5) is 0 Å². The smallest absolute Gasteiger partial charge is 0.256 e. The van der Waals surface area contributed by atoms with E-state index in [1.54, 1.807) is 18.2 Å². The van der Waals surface area contributed by atoms with E-state index < -0.39 is 0 Å². The number of nitrogens with zero attached hydrogens (tertiary/aromatic N) is 3. The van der Waals surface area contributed by atoms with Crippen LogP contribution in [0.2, 0.25) is 10.0 Å². The molecular formula is C33H37Cl2N3O3. The number of benzene rings is 3. The zero-order valence-corrected chi connectivity index (χ0v) is 25.2. The van der Waals surface area contributed by atoms with E-state index in [-0.39, 0.29) is 5.91 Å². The van der Waals surface area contributed by atoms with Gasteiger partial charge in [-0.15, -0.1) is 0 Å². The molecular weight excluding hydrogens is 557 g/mol. The maximum atomic E-state index is 13.1. The average Bonchev–Trinajstić information content (AvgIpc) is 3.45. The summed E-state index contributed by atoms with van der Waals surface area (Å²) in [5.74, 6) is 1.60. The summed E-state index contributed by atoms with van der Waals surface area (Å²) >= 11 is 12.6. The number of likely N-dealkylation sites (tertiary alicyclic amines) is 1. The highest BCUT2D eigenvalue weighted by Crippen LogP contribution is 2.34. The van der Waals surface area contributed by atoms with Crippen molar-refractivity contribution in [2.24, 2.45) is 0 Å². The van der Waals surface area contributed by atoms with Crippen LogP contribution >= 0.6 is 23.2 Å². The van der Waals surface area contributed by atoms with Crippen LogP contribution in [0.5, 0.6) is 11.5 Å². The molecule has 2 atom stereocenters. The monoisotopic (exact) mass is 593 g/mol. The number of piperazine rings is 1. The lowest BCUT2D eigenvalue weighted by Crippen LogP contribution is -2.57. The summed E-state index contributed by atoms with van der Waals surface area (Å²) in [6.45, 7) is 9.56. The number of amides is 1. The Morgan fingerprint density at radius 2 is 1.59 bits per heavy atom. The van der Waals surface area contributed by atoms with Crippen molar-refractivity contribution < 1.29 is 14.3 Å². The molecule has 2 saturated heterocycles. The second kappa shape index (κ2) is 12.2. The van der Waals surface area contributed by atoms with Crippen LogP contribution in [-0.4, -0.2) is 72.2 Å². The Hall–Kier alpha value is -2.77. The molecule has 41 heavy (non-hydrogen) atoms. The molecule has 2 fully saturated rings. The number of ether oxygens (including phenoxy) is 2. The van der Waals surface area contributed by atoms with E-state index in [1.807, 2.05) is 11.0 Å². The molecule has 0 aromatic heterocycles. The molecule has 0 radical (unpaired) electrons. The maximum absolute atomic E-state index is 13.1. The summed E-state index contributed by atoms with van der Waals surface area (Å²) in [6, 6.07) is 21.8. The van der Waals surface area contributed by atoms with Crippen molar-refractivity contribution in [1.29, 1.82) is 0 Å². The second-order valence-corrected chi connectivity index (χ2v) is 12.3. The third-order valence-corrected chi connectivity index (χ3v) is 9.59. The van der Waals surface area contributed by atoms with E-state index in [9.17, 15) is 4.79 Å². The topological polar surface area (TPSA) is 45.2 Å². The highest BCUT2D eigenvalue weighted by Gasteiger charge is 2.34. The normalized spacial score (nSPS) is 20.8. The largest absolute Gasteiger partial charge is 0.454 e. The zero-order valence-electron chi connectivity index (χ0n) is 23.7. The van der Waals surface area contributed by atoms with E-state index in [0.717, 1.165) is 63.5 Å². The van der Waals surface area contributed by atoms with Gasteiger partial charge in [-0.2, -0.15) is 0 Å². The van der Waals surface area contributed by atoms with Crippen molar-refractivity contribution in [1.82, 2.24) is 14.7 Å². The molecule has 0 unspecified atom stereocenters. The van der Waals surface area contributed by atoms with Gasteiger partial charge in [-0.3, -0.25) is 14.6 Å². The second-order valence-electron chi connectivity index (χ2n) is 11.5. The molecule has 0 N–H and O–H groups in total. The summed E-state index contributed by atoms with van der Waals surface area (Å²) < 4.78 is 11.0. The lowest BCUT2D eigenvalue weighted by Gasteiger charge is -2.47. The molecule has 6 rings (SSSR count). The summed E-state index contributed by atoms with van der Waals surface area (Å²) in [5, 5.41) is 0.839. The molecule has 216 valence electrons. The van der Waals surface area contributed by atoms with Gasteiger partial charge in [0.2, 0.25) is 6.79 Å². The van der Waals surface area contributed by atoms with Gasteiger partial charge in [0.15, 0.2) is 11.5 Å². The number of hydrogen-bond donors (Lipinski definition) is 0. The molecule has 6 nitrogen and oxygen atoms in total. The molecule has 0 spiro atoms. The Morgan fingerprint density at radius 1 is 0.902 bits per heavy atom. The first-order chi connectivity index (χ1) is 19.9. The van der Waals surface area contributed by atoms with Gasteiger partial charge >= 0.3 is 0 Å². The molecule has 3 aliphatic rings. The summed E-state index contributed by atoms with van der Waals surface area (Å²) in [4.78, 5) is 20.3. The van der Waals surface area contributed by atoms with E-state index in [2.05, 4.69) is 60.0 Å². The minimum Gasteiger partial charge on any atom is -0.454 e. The molecule has 3 aromatic rings. The molecule has 8 heteroatoms. The highest BCUT2D eigenvalue weighted by molar-refractivity contribution is 6.39. The molecule has 0 saturated carbocycles. The first kappa shape index (κ1) is 28.4. The molecule has 1 amide bonds. The van der Waals surface area contributed by atoms with Gasteiger partial charge in [-0.1, -0.05) is 59.6 Å². The van der Waals surface area contributed by atoms with Gasteiger partial charge in [0.25, 0.3) is 5.91 Å². The quantitative estimate of drug-likeness (QED) is 0.319. The Bertz CT molecular complexity index is 1370. The van der Waals surface area contributed by atoms with Crippen molar-refractivity contribution in [3.05, 3.63) is 93.0 Å². The Kier molecular flexibility index (Phi) is 8.45. The third-order valence-electron chi connectivity index (χ3n) is 8.96. The Morgan fingerprint density at radius 3 is 2.29 bits per heavy atom. The SMILES string of the molecule is C[C@@H]1CN(C2CCN(C(=O)c3c(Cl)cccc3Cl)CC2)CCN1[C@@H](C)c1ccc(Cc2ccc3c(c2)OCO3)cc1. The number of hydrogen-bond acceptors (Lipinski definition) is 5. The van der Waals surface area contributed by atoms with Gasteiger partial charge in [-0.25, -0.2) is 0 Å². The average molecular weight is 595 g/mol. The molecule has 3 aliphatic heterocycles. The Balaban J connectivity index is 1.01. The van der Waals surface area contributed by atoms with Crippen LogP contribution in [-0.2, 0) is 6.42 Å². The third kappa shape index (κ3) is 6.07. The van der Waals surface area contributed by atoms with Crippen molar-refractivity contribution in [3.8, 4) is 11.5 Å². The number of carbonyl (C=O) groups excluding carboxylic acids is 1. The standard InChI is InChI=1S/C33H37Cl2N3O3/c1-22-20-37(27-12-14-36(15-13-27)33(39)32-28(34)4-3-5-29(32)35)16-17-38(22)23(2)26-9-6-24(7-10-26)18-25-8-11-30-31(19-25)41-21-40-30/h3-11,19,22-23,27H,12-18,20-21H2,1-2H3/t22-,23+/m1/s1. The number of fused-ring (bicyclic) bond motifs is 1. The summed E-state index contributed by atoms with van der Waals surface area (Å²) in [5.41, 5.74) is 4.29. The van der Waals surface area contributed by atoms with Crippen molar-refractivity contribution in [2.75, 3.05) is 39.5 Å². The number of rotatable bonds is 6. The van der Waals surface area contributed by atoms with E-state index in [1.165, 1.54) is 16.7 Å². The van der Waals surface area contributed by atoms with Crippen LogP contribution in [0.15, 0.2) is 60.7 Å². The molecule has 0 bridgehead atoms. The summed E-state index contributed by atoms with van der Waals surface area (Å²) in [6.07, 6.45) is 2.82. The predicted octanol–water partition coefficient (Wildman–Crippen LogP) is 6.68. The van der Waals surface area contributed by atoms with Gasteiger partial charge in [0, 0.05) is 50.8 Å². The number of halogens is 2. The number of carbonyl (C=O) groups is 1. The van der Waals surface area contributed by atoms with Crippen molar-refractivity contribution in [3.63, 3.8) is 0 Å². The fourth-order valence-electron chi connectivity index (χ4n) is 6.59. The van der Waals surface area contributed by atoms with Gasteiger partial charge in [0.05, 0.1) is 15.6 Å². The predicted molar refractivity (Wildman–Crippen MR) is 163 cm³/mol. The van der Waals surface area contributed by atoms with Gasteiger partial charge < -0.3 is 14.4 Å². The van der Waals surface area contributed by atoms with Gasteiger partial charge in [-0.05, 0) is 74.1 Å². The first-order valence-electron chi connectivity index (χ1n) is 14.6. The fraction of sp³-hybridized carbons (Fsp3) is 0.424. The number of piperidine rings is 1. The lowest BCUT2D eigenvalue weighted by atomic mass is 9.97. The van der Waals surface area contributed by atoms with Crippen LogP contribution < -0.4 is 9.47 Å². The molecule has 3 aromatic carbocycles. The lowest BCUT2D eigenvalue weighted by molar-refractivity contribution is 0.0135. The highest BCUT2D eigenvalue weighted by atomic mass is 35.5. The van der Waals surface area contributed by atoms with Crippen molar-refractivity contribution in [2.45, 2.75) is 51.2 Å². The van der Waals surface area contributed by atoms with E-state index in [4.69, 9.17) is 32.7 Å². The van der Waals surface area contributed by atoms with Crippen LogP contribution in [0, 0.1) is 0 Å². The molecule has 0 aliphatic carbocycles. The first-order valence-corrected chi connectivity index (χ1v) is 15.3. The van der Waals surface area contributed by atoms with Crippen LogP contribution in [0.1, 0.15) is 59.8 Å². The van der Waals surface area contributed by atoms with Crippen molar-refractivity contribution >= 4 is 29.1 Å². The van der Waals surface area contributed by atoms with E-state index >= 15 is 0 Å². The maximum Gasteiger partial charge on any atom is 0.256 e. The minimum absolute atomic E-state index is 0.0621. The van der Waals surface area contributed by atoms with E-state index in [0.29, 0.717) is 40.5 Å². The van der Waals surface area contributed by atoms with Gasteiger partial charge in [0.1, 0.15) is 0 Å². The summed E-state index contributed by atoms with van der Waals surface area (Å²) in [7, 11) is 0. The van der Waals surface area contributed by atoms with Crippen LogP contribution in [0.25, 0.3) is 0 Å². The zero-order chi connectivity index (χ0) is 28.5. The van der Waals surface area contributed by atoms with Crippen LogP contribution in [0.3, 0.4) is 0 Å². The molecule has 3 heterocycles. The minimum atomic E-state index is -0.0621. The Labute approximate surface area is 252 Å².